The van der Waals surface area contributed by atoms with Crippen molar-refractivity contribution in [2.75, 3.05) is 0 Å². The third-order valence-electron chi connectivity index (χ3n) is 7.36. The second-order valence-corrected chi connectivity index (χ2v) is 8.53. The summed E-state index contributed by atoms with van der Waals surface area (Å²) in [4.78, 5) is 11.9. The van der Waals surface area contributed by atoms with Gasteiger partial charge in [-0.3, -0.25) is 4.79 Å². The Hall–Kier alpha value is -1.41. The van der Waals surface area contributed by atoms with Crippen molar-refractivity contribution >= 4 is 5.78 Å². The van der Waals surface area contributed by atoms with Crippen molar-refractivity contribution in [2.24, 2.45) is 28.6 Å². The third kappa shape index (κ3) is 1.82. The Morgan fingerprint density at radius 1 is 1.30 bits per heavy atom. The van der Waals surface area contributed by atoms with E-state index in [1.807, 2.05) is 6.08 Å². The van der Waals surface area contributed by atoms with Gasteiger partial charge >= 0.3 is 0 Å². The topological polar surface area (TPSA) is 37.3 Å². The van der Waals surface area contributed by atoms with Crippen molar-refractivity contribution in [3.63, 3.8) is 0 Å². The Bertz CT molecular complexity index is 695. The number of carbonyl (C=O) groups excluding carboxylic acids is 1. The molecule has 0 aromatic heterocycles. The van der Waals surface area contributed by atoms with Crippen LogP contribution < -0.4 is 0 Å². The van der Waals surface area contributed by atoms with Crippen LogP contribution in [0.5, 0.6) is 0 Å². The van der Waals surface area contributed by atoms with Gasteiger partial charge in [0.2, 0.25) is 0 Å². The lowest BCUT2D eigenvalue weighted by Gasteiger charge is -2.55. The molecule has 2 nitrogen and oxygen atoms in total. The van der Waals surface area contributed by atoms with Crippen LogP contribution in [0.4, 0.5) is 0 Å². The summed E-state index contributed by atoms with van der Waals surface area (Å²) in [6.45, 7) is 10.8. The number of carbonyl (C=O) groups is 1. The lowest BCUT2D eigenvalue weighted by Crippen LogP contribution is -2.49. The third-order valence-corrected chi connectivity index (χ3v) is 7.36. The van der Waals surface area contributed by atoms with Crippen molar-refractivity contribution in [1.82, 2.24) is 0 Å². The zero-order valence-corrected chi connectivity index (χ0v) is 14.3. The van der Waals surface area contributed by atoms with Crippen LogP contribution in [0.2, 0.25) is 0 Å². The molecule has 0 aromatic carbocycles. The monoisotopic (exact) mass is 310 g/mol. The van der Waals surface area contributed by atoms with E-state index in [-0.39, 0.29) is 22.7 Å². The molecular weight excluding hydrogens is 284 g/mol. The summed E-state index contributed by atoms with van der Waals surface area (Å²) in [6, 6.07) is 0. The molecule has 2 heteroatoms. The first-order chi connectivity index (χ1) is 10.8. The van der Waals surface area contributed by atoms with Crippen LogP contribution in [-0.2, 0) is 4.79 Å². The first kappa shape index (κ1) is 15.1. The number of rotatable bonds is 0. The molecule has 0 amide bonds. The molecule has 1 N–H and O–H groups in total. The average molecular weight is 310 g/mol. The highest BCUT2D eigenvalue weighted by atomic mass is 16.3. The Morgan fingerprint density at radius 3 is 2.78 bits per heavy atom. The van der Waals surface area contributed by atoms with Crippen LogP contribution in [0.15, 0.2) is 47.6 Å². The molecular formula is C21H26O2. The summed E-state index contributed by atoms with van der Waals surface area (Å²) in [5, 5.41) is 10.6. The second-order valence-electron chi connectivity index (χ2n) is 8.53. The molecule has 4 rings (SSSR count). The fourth-order valence-electron chi connectivity index (χ4n) is 6.00. The number of hydrogen-bond acceptors (Lipinski definition) is 2. The Morgan fingerprint density at radius 2 is 2.04 bits per heavy atom. The van der Waals surface area contributed by atoms with Gasteiger partial charge in [0.1, 0.15) is 0 Å². The second kappa shape index (κ2) is 4.57. The highest BCUT2D eigenvalue weighted by Crippen LogP contribution is 2.64. The summed E-state index contributed by atoms with van der Waals surface area (Å²) < 4.78 is 0. The van der Waals surface area contributed by atoms with Crippen molar-refractivity contribution < 1.29 is 9.90 Å². The summed E-state index contributed by atoms with van der Waals surface area (Å²) >= 11 is 0. The molecule has 0 spiro atoms. The van der Waals surface area contributed by atoms with Crippen LogP contribution in [0, 0.1) is 28.6 Å². The van der Waals surface area contributed by atoms with E-state index >= 15 is 0 Å². The number of allylic oxidation sites excluding steroid dienone is 6. The largest absolute Gasteiger partial charge is 0.388 e. The van der Waals surface area contributed by atoms with Crippen LogP contribution in [0.25, 0.3) is 0 Å². The molecule has 4 aliphatic rings. The Kier molecular flexibility index (Phi) is 3.01. The van der Waals surface area contributed by atoms with Gasteiger partial charge in [-0.25, -0.2) is 0 Å². The lowest BCUT2D eigenvalue weighted by atomic mass is 9.49. The van der Waals surface area contributed by atoms with Gasteiger partial charge in [-0.05, 0) is 67.2 Å². The summed E-state index contributed by atoms with van der Waals surface area (Å²) in [7, 11) is 0. The molecule has 23 heavy (non-hydrogen) atoms. The van der Waals surface area contributed by atoms with E-state index in [0.29, 0.717) is 17.8 Å². The minimum Gasteiger partial charge on any atom is -0.388 e. The van der Waals surface area contributed by atoms with Gasteiger partial charge in [-0.15, -0.1) is 0 Å². The van der Waals surface area contributed by atoms with E-state index in [2.05, 4.69) is 39.5 Å². The highest BCUT2D eigenvalue weighted by molar-refractivity contribution is 6.01. The molecule has 6 atom stereocenters. The molecule has 2 fully saturated rings. The Labute approximate surface area is 138 Å². The van der Waals surface area contributed by atoms with Gasteiger partial charge in [0.25, 0.3) is 0 Å². The first-order valence-electron chi connectivity index (χ1n) is 8.77. The van der Waals surface area contributed by atoms with Crippen LogP contribution in [-0.4, -0.2) is 17.0 Å². The molecule has 2 saturated carbocycles. The summed E-state index contributed by atoms with van der Waals surface area (Å²) in [5.41, 5.74) is 3.36. The average Bonchev–Trinajstić information content (AvgIpc) is 2.73. The standard InChI is InChI=1S/C21H26O2/c1-12-9-15-16(20(3)7-5-14(22)11-17(12)20)6-8-21(4)18(15)10-13(2)19(21)23/h5,7,9,11,15-16,18-19,23H,2,6,8,10H2,1,3-4H3/t15-,16+,18+,19+,20-,21+/m1/s1. The number of fused-ring (bicyclic) bond motifs is 5. The molecule has 122 valence electrons. The van der Waals surface area contributed by atoms with E-state index in [0.717, 1.165) is 24.8 Å². The van der Waals surface area contributed by atoms with Crippen LogP contribution in [0.3, 0.4) is 0 Å². The number of ketones is 1. The number of hydrogen-bond donors (Lipinski definition) is 1. The van der Waals surface area contributed by atoms with Crippen molar-refractivity contribution in [1.29, 1.82) is 0 Å². The van der Waals surface area contributed by atoms with Gasteiger partial charge in [0.15, 0.2) is 5.78 Å². The predicted octanol–water partition coefficient (Wildman–Crippen LogP) is 3.99. The fourth-order valence-corrected chi connectivity index (χ4v) is 6.00. The Balaban J connectivity index is 1.83. The summed E-state index contributed by atoms with van der Waals surface area (Å²) in [5.74, 6) is 1.54. The van der Waals surface area contributed by atoms with Gasteiger partial charge in [0.05, 0.1) is 6.10 Å². The molecule has 0 unspecified atom stereocenters. The molecule has 4 aliphatic carbocycles. The lowest BCUT2D eigenvalue weighted by molar-refractivity contribution is -0.110. The van der Waals surface area contributed by atoms with Gasteiger partial charge < -0.3 is 5.11 Å². The van der Waals surface area contributed by atoms with Crippen molar-refractivity contribution in [2.45, 2.75) is 46.1 Å². The van der Waals surface area contributed by atoms with E-state index < -0.39 is 0 Å². The number of aliphatic hydroxyl groups is 1. The van der Waals surface area contributed by atoms with E-state index in [4.69, 9.17) is 0 Å². The van der Waals surface area contributed by atoms with Crippen molar-refractivity contribution in [3.05, 3.63) is 47.6 Å². The van der Waals surface area contributed by atoms with Gasteiger partial charge in [-0.2, -0.15) is 0 Å². The first-order valence-corrected chi connectivity index (χ1v) is 8.77. The zero-order valence-electron chi connectivity index (χ0n) is 14.3. The normalized spacial score (nSPS) is 48.3. The van der Waals surface area contributed by atoms with Crippen LogP contribution >= 0.6 is 0 Å². The van der Waals surface area contributed by atoms with E-state index in [1.54, 1.807) is 6.08 Å². The SMILES string of the molecule is C=C1C[C@H]2[C@@H]3C=C(C)C4=CC(=O)C=C[C@]4(C)[C@H]3CC[C@]2(C)[C@H]1O. The van der Waals surface area contributed by atoms with Gasteiger partial charge in [-0.1, -0.05) is 38.2 Å². The molecule has 0 bridgehead atoms. The minimum absolute atomic E-state index is 0.0409. The zero-order chi connectivity index (χ0) is 16.6. The number of aliphatic hydroxyl groups excluding tert-OH is 1. The van der Waals surface area contributed by atoms with Crippen LogP contribution in [0.1, 0.15) is 40.0 Å². The minimum atomic E-state index is -0.365. The highest BCUT2D eigenvalue weighted by Gasteiger charge is 2.58. The maximum Gasteiger partial charge on any atom is 0.178 e. The molecule has 0 aromatic rings. The summed E-state index contributed by atoms with van der Waals surface area (Å²) in [6.07, 6.45) is 10.8. The van der Waals surface area contributed by atoms with Gasteiger partial charge in [0, 0.05) is 10.8 Å². The fraction of sp³-hybridized carbons (Fsp3) is 0.571. The quantitative estimate of drug-likeness (QED) is 0.687. The molecule has 0 heterocycles. The van der Waals surface area contributed by atoms with E-state index in [9.17, 15) is 9.90 Å². The smallest absolute Gasteiger partial charge is 0.178 e. The predicted molar refractivity (Wildman–Crippen MR) is 91.7 cm³/mol. The molecule has 0 radical (unpaired) electrons. The van der Waals surface area contributed by atoms with E-state index in [1.165, 1.54) is 11.1 Å². The molecule has 0 saturated heterocycles. The van der Waals surface area contributed by atoms with Crippen molar-refractivity contribution in [3.8, 4) is 0 Å². The maximum absolute atomic E-state index is 11.9. The maximum atomic E-state index is 11.9. The molecule has 0 aliphatic heterocycles.